The lowest BCUT2D eigenvalue weighted by molar-refractivity contribution is -0.707. The molecule has 3 rings (SSSR count). The average Bonchev–Trinajstić information content (AvgIpc) is 2.51. The van der Waals surface area contributed by atoms with Gasteiger partial charge in [-0.15, -0.1) is 0 Å². The van der Waals surface area contributed by atoms with Crippen LogP contribution in [0.25, 0.3) is 11.0 Å². The second kappa shape index (κ2) is 6.85. The van der Waals surface area contributed by atoms with Crippen LogP contribution in [0, 0.1) is 0 Å². The molecule has 0 aliphatic carbocycles. The molecule has 0 fully saturated rings. The Labute approximate surface area is 148 Å². The van der Waals surface area contributed by atoms with Gasteiger partial charge in [0.1, 0.15) is 23.9 Å². The predicted molar refractivity (Wildman–Crippen MR) is 94.7 cm³/mol. The van der Waals surface area contributed by atoms with Gasteiger partial charge in [-0.2, -0.15) is 0 Å². The van der Waals surface area contributed by atoms with Crippen molar-refractivity contribution in [1.29, 1.82) is 0 Å². The van der Waals surface area contributed by atoms with Gasteiger partial charge in [-0.25, -0.2) is 4.79 Å². The van der Waals surface area contributed by atoms with Crippen molar-refractivity contribution in [2.75, 3.05) is 0 Å². The number of halogens is 2. The maximum atomic E-state index is 11.7. The highest BCUT2D eigenvalue weighted by atomic mass is 35.5. The molecule has 1 atom stereocenters. The van der Waals surface area contributed by atoms with Gasteiger partial charge in [-0.1, -0.05) is 29.3 Å². The van der Waals surface area contributed by atoms with Gasteiger partial charge in [0.15, 0.2) is 0 Å². The minimum atomic E-state index is -0.436. The minimum absolute atomic E-state index is 0.0630. The number of phenolic OH excluding ortho intramolecular Hbond substituents is 1. The summed E-state index contributed by atoms with van der Waals surface area (Å²) < 4.78 is 5.14. The highest BCUT2D eigenvalue weighted by Gasteiger charge is 2.15. The number of quaternary nitrogens is 1. The summed E-state index contributed by atoms with van der Waals surface area (Å²) in [6, 6.07) is 11.8. The van der Waals surface area contributed by atoms with Crippen molar-refractivity contribution >= 4 is 34.2 Å². The first-order chi connectivity index (χ1) is 11.4. The largest absolute Gasteiger partial charge is 0.508 e. The first kappa shape index (κ1) is 16.8. The van der Waals surface area contributed by atoms with Crippen molar-refractivity contribution in [3.05, 3.63) is 74.1 Å². The summed E-state index contributed by atoms with van der Waals surface area (Å²) in [7, 11) is 0. The van der Waals surface area contributed by atoms with Crippen LogP contribution in [-0.4, -0.2) is 5.11 Å². The van der Waals surface area contributed by atoms with Crippen LogP contribution >= 0.6 is 23.2 Å². The monoisotopic (exact) mass is 364 g/mol. The molecule has 0 saturated heterocycles. The Balaban J connectivity index is 1.86. The Morgan fingerprint density at radius 1 is 1.17 bits per heavy atom. The van der Waals surface area contributed by atoms with E-state index < -0.39 is 5.63 Å². The molecule has 0 spiro atoms. The van der Waals surface area contributed by atoms with E-state index >= 15 is 0 Å². The molecule has 1 heterocycles. The van der Waals surface area contributed by atoms with Crippen molar-refractivity contribution in [3.63, 3.8) is 0 Å². The molecular weight excluding hydrogens is 349 g/mol. The van der Waals surface area contributed by atoms with Gasteiger partial charge in [0.25, 0.3) is 0 Å². The van der Waals surface area contributed by atoms with Gasteiger partial charge in [0, 0.05) is 33.7 Å². The highest BCUT2D eigenvalue weighted by molar-refractivity contribution is 6.35. The van der Waals surface area contributed by atoms with Crippen LogP contribution < -0.4 is 10.9 Å². The molecule has 3 N–H and O–H groups in total. The van der Waals surface area contributed by atoms with Gasteiger partial charge in [-0.05, 0) is 31.2 Å². The zero-order valence-corrected chi connectivity index (χ0v) is 14.4. The summed E-state index contributed by atoms with van der Waals surface area (Å²) in [6.07, 6.45) is 0. The molecule has 124 valence electrons. The quantitative estimate of drug-likeness (QED) is 0.694. The Morgan fingerprint density at radius 2 is 1.96 bits per heavy atom. The van der Waals surface area contributed by atoms with Crippen LogP contribution in [0.1, 0.15) is 24.1 Å². The third-order valence-electron chi connectivity index (χ3n) is 3.96. The fraction of sp³-hybridized carbons (Fsp3) is 0.167. The van der Waals surface area contributed by atoms with Crippen LogP contribution in [0.5, 0.6) is 5.75 Å². The Kier molecular flexibility index (Phi) is 4.81. The average molecular weight is 365 g/mol. The van der Waals surface area contributed by atoms with E-state index in [0.717, 1.165) is 16.5 Å². The van der Waals surface area contributed by atoms with Crippen molar-refractivity contribution in [3.8, 4) is 5.75 Å². The van der Waals surface area contributed by atoms with Gasteiger partial charge in [0.2, 0.25) is 0 Å². The molecule has 6 heteroatoms. The number of aromatic hydroxyl groups is 1. The van der Waals surface area contributed by atoms with Crippen molar-refractivity contribution in [1.82, 2.24) is 0 Å². The number of rotatable bonds is 4. The smallest absolute Gasteiger partial charge is 0.336 e. The van der Waals surface area contributed by atoms with E-state index in [9.17, 15) is 9.90 Å². The second-order valence-electron chi connectivity index (χ2n) is 5.67. The van der Waals surface area contributed by atoms with E-state index in [4.69, 9.17) is 27.6 Å². The third kappa shape index (κ3) is 3.56. The van der Waals surface area contributed by atoms with Gasteiger partial charge < -0.3 is 14.8 Å². The Hall–Kier alpha value is -2.01. The SMILES string of the molecule is C[C@@H]([NH2+]Cc1cc(=O)oc2cc(O)ccc12)c1ccc(Cl)cc1Cl. The molecule has 4 nitrogen and oxygen atoms in total. The van der Waals surface area contributed by atoms with Crippen molar-refractivity contribution in [2.24, 2.45) is 0 Å². The molecule has 3 aromatic rings. The van der Waals surface area contributed by atoms with Crippen LogP contribution in [-0.2, 0) is 6.54 Å². The number of fused-ring (bicyclic) bond motifs is 1. The standard InChI is InChI=1S/C18H15Cl2NO3/c1-10(14-4-2-12(19)7-16(14)20)21-9-11-6-18(23)24-17-8-13(22)3-5-15(11)17/h2-8,10,21-22H,9H2,1H3/p+1/t10-/m1/s1. The van der Waals surface area contributed by atoms with Gasteiger partial charge in [-0.3, -0.25) is 0 Å². The van der Waals surface area contributed by atoms with E-state index in [0.29, 0.717) is 22.2 Å². The Bertz CT molecular complexity index is 953. The topological polar surface area (TPSA) is 67.0 Å². The van der Waals surface area contributed by atoms with Crippen LogP contribution in [0.15, 0.2) is 51.7 Å². The predicted octanol–water partition coefficient (Wildman–Crippen LogP) is 3.63. The number of nitrogens with two attached hydrogens (primary N) is 1. The van der Waals surface area contributed by atoms with Crippen molar-refractivity contribution < 1.29 is 14.8 Å². The molecule has 0 aliphatic heterocycles. The maximum Gasteiger partial charge on any atom is 0.336 e. The van der Waals surface area contributed by atoms with Crippen LogP contribution in [0.3, 0.4) is 0 Å². The second-order valence-corrected chi connectivity index (χ2v) is 6.51. The lowest BCUT2D eigenvalue weighted by atomic mass is 10.1. The van der Waals surface area contributed by atoms with Crippen LogP contribution in [0.2, 0.25) is 10.0 Å². The summed E-state index contributed by atoms with van der Waals surface area (Å²) in [4.78, 5) is 11.7. The summed E-state index contributed by atoms with van der Waals surface area (Å²) in [6.45, 7) is 2.61. The molecule has 1 aromatic heterocycles. The summed E-state index contributed by atoms with van der Waals surface area (Å²) >= 11 is 12.2. The van der Waals surface area contributed by atoms with E-state index in [1.807, 2.05) is 19.1 Å². The van der Waals surface area contributed by atoms with Gasteiger partial charge in [0.05, 0.1) is 5.02 Å². The number of phenols is 1. The zero-order valence-electron chi connectivity index (χ0n) is 12.9. The fourth-order valence-corrected chi connectivity index (χ4v) is 3.27. The minimum Gasteiger partial charge on any atom is -0.508 e. The number of benzene rings is 2. The zero-order chi connectivity index (χ0) is 17.3. The fourth-order valence-electron chi connectivity index (χ4n) is 2.69. The molecule has 0 saturated carbocycles. The molecule has 0 amide bonds. The van der Waals surface area contributed by atoms with Crippen molar-refractivity contribution in [2.45, 2.75) is 19.5 Å². The first-order valence-electron chi connectivity index (χ1n) is 7.48. The maximum absolute atomic E-state index is 11.7. The highest BCUT2D eigenvalue weighted by Crippen LogP contribution is 2.25. The van der Waals surface area contributed by atoms with E-state index in [1.165, 1.54) is 12.1 Å². The molecule has 24 heavy (non-hydrogen) atoms. The molecule has 2 aromatic carbocycles. The van der Waals surface area contributed by atoms with Gasteiger partial charge >= 0.3 is 5.63 Å². The van der Waals surface area contributed by atoms with E-state index in [2.05, 4.69) is 5.32 Å². The summed E-state index contributed by atoms with van der Waals surface area (Å²) in [5.74, 6) is 0.0630. The lowest BCUT2D eigenvalue weighted by Crippen LogP contribution is -2.83. The molecule has 0 radical (unpaired) electrons. The van der Waals surface area contributed by atoms with E-state index in [1.54, 1.807) is 18.2 Å². The molecule has 0 aliphatic rings. The summed E-state index contributed by atoms with van der Waals surface area (Å²) in [5.41, 5.74) is 1.76. The Morgan fingerprint density at radius 3 is 2.71 bits per heavy atom. The molecule has 0 unspecified atom stereocenters. The van der Waals surface area contributed by atoms with E-state index in [-0.39, 0.29) is 11.8 Å². The first-order valence-corrected chi connectivity index (χ1v) is 8.23. The number of hydrogen-bond acceptors (Lipinski definition) is 3. The third-order valence-corrected chi connectivity index (χ3v) is 4.52. The number of hydrogen-bond donors (Lipinski definition) is 2. The summed E-state index contributed by atoms with van der Waals surface area (Å²) in [5, 5.41) is 13.6. The normalized spacial score (nSPS) is 12.5. The molecular formula is C18H16Cl2NO3+. The lowest BCUT2D eigenvalue weighted by Gasteiger charge is -2.13. The van der Waals surface area contributed by atoms with Crippen LogP contribution in [0.4, 0.5) is 0 Å². The molecule has 0 bridgehead atoms.